The molecule has 0 unspecified atom stereocenters. The Morgan fingerprint density at radius 3 is 2.95 bits per heavy atom. The van der Waals surface area contributed by atoms with Crippen LogP contribution in [0.4, 0.5) is 0 Å². The van der Waals surface area contributed by atoms with Gasteiger partial charge in [0.25, 0.3) is 0 Å². The Morgan fingerprint density at radius 1 is 1.45 bits per heavy atom. The largest absolute Gasteiger partial charge is 0.465 e. The third-order valence-electron chi connectivity index (χ3n) is 2.76. The molecule has 0 aromatic carbocycles. The van der Waals surface area contributed by atoms with Gasteiger partial charge in [-0.25, -0.2) is 5.43 Å². The molecule has 0 aliphatic heterocycles. The van der Waals surface area contributed by atoms with Crippen LogP contribution in [0, 0.1) is 0 Å². The van der Waals surface area contributed by atoms with Crippen LogP contribution in [-0.4, -0.2) is 16.7 Å². The quantitative estimate of drug-likeness (QED) is 0.670. The normalized spacial score (nSPS) is 12.0. The zero-order valence-electron chi connectivity index (χ0n) is 11.5. The highest BCUT2D eigenvalue weighted by Gasteiger charge is 2.04. The van der Waals surface area contributed by atoms with Gasteiger partial charge in [-0.15, -0.1) is 0 Å². The van der Waals surface area contributed by atoms with E-state index in [1.54, 1.807) is 12.5 Å². The van der Waals surface area contributed by atoms with Crippen LogP contribution in [0.15, 0.2) is 51.8 Å². The average Bonchev–Trinajstić information content (AvgIpc) is 3.02. The van der Waals surface area contributed by atoms with Crippen molar-refractivity contribution in [1.82, 2.24) is 9.99 Å². The van der Waals surface area contributed by atoms with E-state index in [9.17, 15) is 4.79 Å². The zero-order chi connectivity index (χ0) is 14.4. The first-order valence-corrected chi connectivity index (χ1v) is 6.29. The van der Waals surface area contributed by atoms with E-state index in [1.807, 2.05) is 55.1 Å². The van der Waals surface area contributed by atoms with Crippen LogP contribution in [0.3, 0.4) is 0 Å². The molecule has 1 N–H and O–H groups in total. The molecule has 0 spiro atoms. The van der Waals surface area contributed by atoms with E-state index in [1.165, 1.54) is 0 Å². The topological polar surface area (TPSA) is 59.5 Å². The second kappa shape index (κ2) is 6.56. The molecule has 0 saturated heterocycles. The van der Waals surface area contributed by atoms with Crippen LogP contribution >= 0.6 is 0 Å². The number of carbonyl (C=O) groups excluding carboxylic acids is 1. The molecule has 2 aromatic heterocycles. The Hall–Kier alpha value is -2.56. The lowest BCUT2D eigenvalue weighted by atomic mass is 10.3. The van der Waals surface area contributed by atoms with Crippen molar-refractivity contribution in [2.75, 3.05) is 0 Å². The Morgan fingerprint density at radius 2 is 2.30 bits per heavy atom. The second-order valence-corrected chi connectivity index (χ2v) is 4.48. The van der Waals surface area contributed by atoms with Gasteiger partial charge in [0, 0.05) is 18.9 Å². The SMILES string of the molecule is C/C(C=NNC(=O)Cc1cccn1C)=C\c1ccco1. The van der Waals surface area contributed by atoms with Gasteiger partial charge in [-0.1, -0.05) is 0 Å². The Bertz CT molecular complexity index is 621. The molecule has 5 nitrogen and oxygen atoms in total. The Labute approximate surface area is 117 Å². The summed E-state index contributed by atoms with van der Waals surface area (Å²) in [7, 11) is 1.90. The maximum Gasteiger partial charge on any atom is 0.245 e. The highest BCUT2D eigenvalue weighted by atomic mass is 16.3. The minimum atomic E-state index is -0.145. The van der Waals surface area contributed by atoms with E-state index in [2.05, 4.69) is 10.5 Å². The second-order valence-electron chi connectivity index (χ2n) is 4.48. The fraction of sp³-hybridized carbons (Fsp3) is 0.200. The molecule has 0 aliphatic carbocycles. The van der Waals surface area contributed by atoms with Crippen molar-refractivity contribution in [2.24, 2.45) is 12.1 Å². The van der Waals surface area contributed by atoms with Crippen LogP contribution in [0.5, 0.6) is 0 Å². The van der Waals surface area contributed by atoms with Gasteiger partial charge in [0.15, 0.2) is 0 Å². The fourth-order valence-corrected chi connectivity index (χ4v) is 1.73. The van der Waals surface area contributed by atoms with E-state index in [0.717, 1.165) is 17.0 Å². The van der Waals surface area contributed by atoms with Gasteiger partial charge < -0.3 is 8.98 Å². The summed E-state index contributed by atoms with van der Waals surface area (Å²) in [6.07, 6.45) is 7.25. The number of rotatable bonds is 5. The summed E-state index contributed by atoms with van der Waals surface area (Å²) in [5, 5.41) is 3.92. The minimum absolute atomic E-state index is 0.145. The van der Waals surface area contributed by atoms with Crippen molar-refractivity contribution in [3.63, 3.8) is 0 Å². The molecule has 0 fully saturated rings. The van der Waals surface area contributed by atoms with Gasteiger partial charge >= 0.3 is 0 Å². The molecule has 0 bridgehead atoms. The predicted octanol–water partition coefficient (Wildman–Crippen LogP) is 2.37. The van der Waals surface area contributed by atoms with Crippen LogP contribution in [0.2, 0.25) is 0 Å². The molecule has 20 heavy (non-hydrogen) atoms. The number of nitrogens with zero attached hydrogens (tertiary/aromatic N) is 2. The number of aromatic nitrogens is 1. The van der Waals surface area contributed by atoms with Crippen molar-refractivity contribution in [3.8, 4) is 0 Å². The van der Waals surface area contributed by atoms with E-state index in [0.29, 0.717) is 6.42 Å². The summed E-state index contributed by atoms with van der Waals surface area (Å²) in [6, 6.07) is 7.48. The minimum Gasteiger partial charge on any atom is -0.465 e. The molecule has 2 heterocycles. The monoisotopic (exact) mass is 271 g/mol. The number of furan rings is 1. The van der Waals surface area contributed by atoms with Crippen LogP contribution in [0.25, 0.3) is 6.08 Å². The van der Waals surface area contributed by atoms with E-state index in [4.69, 9.17) is 4.42 Å². The molecule has 104 valence electrons. The third kappa shape index (κ3) is 3.98. The maximum absolute atomic E-state index is 11.7. The Kier molecular flexibility index (Phi) is 4.55. The lowest BCUT2D eigenvalue weighted by molar-refractivity contribution is -0.120. The lowest BCUT2D eigenvalue weighted by Crippen LogP contribution is -2.20. The van der Waals surface area contributed by atoms with Crippen LogP contribution < -0.4 is 5.43 Å². The van der Waals surface area contributed by atoms with Crippen LogP contribution in [0.1, 0.15) is 18.4 Å². The number of aryl methyl sites for hydroxylation is 1. The van der Waals surface area contributed by atoms with E-state index in [-0.39, 0.29) is 5.91 Å². The van der Waals surface area contributed by atoms with Gasteiger partial charge in [-0.2, -0.15) is 5.10 Å². The number of hydrogen-bond donors (Lipinski definition) is 1. The van der Waals surface area contributed by atoms with Gasteiger partial charge in [0.05, 0.1) is 18.9 Å². The first-order valence-electron chi connectivity index (χ1n) is 6.29. The third-order valence-corrected chi connectivity index (χ3v) is 2.76. The molecule has 0 aliphatic rings. The molecule has 2 rings (SSSR count). The summed E-state index contributed by atoms with van der Waals surface area (Å²) < 4.78 is 7.09. The van der Waals surface area contributed by atoms with E-state index < -0.39 is 0 Å². The standard InChI is InChI=1S/C15H17N3O2/c1-12(9-14-6-4-8-20-14)11-16-17-15(19)10-13-5-3-7-18(13)2/h3-9,11H,10H2,1-2H3,(H,17,19)/b12-9+,16-11?. The zero-order valence-corrected chi connectivity index (χ0v) is 11.5. The summed E-state index contributed by atoms with van der Waals surface area (Å²) in [5.41, 5.74) is 4.34. The first-order chi connectivity index (χ1) is 9.65. The fourth-order valence-electron chi connectivity index (χ4n) is 1.73. The molecule has 0 atom stereocenters. The number of hydrogen-bond acceptors (Lipinski definition) is 3. The van der Waals surface area contributed by atoms with Gasteiger partial charge in [0.2, 0.25) is 5.91 Å². The lowest BCUT2D eigenvalue weighted by Gasteiger charge is -2.01. The van der Waals surface area contributed by atoms with Gasteiger partial charge in [-0.05, 0) is 42.8 Å². The summed E-state index contributed by atoms with van der Waals surface area (Å²) in [6.45, 7) is 1.88. The number of allylic oxidation sites excluding steroid dienone is 1. The molecule has 5 heteroatoms. The number of nitrogens with one attached hydrogen (secondary N) is 1. The maximum atomic E-state index is 11.7. The summed E-state index contributed by atoms with van der Waals surface area (Å²) in [5.74, 6) is 0.609. The number of carbonyl (C=O) groups is 1. The van der Waals surface area contributed by atoms with E-state index >= 15 is 0 Å². The first kappa shape index (κ1) is 13.9. The molecule has 2 aromatic rings. The van der Waals surface area contributed by atoms with Crippen molar-refractivity contribution >= 4 is 18.2 Å². The molecule has 0 saturated carbocycles. The van der Waals surface area contributed by atoms with Gasteiger partial charge in [-0.3, -0.25) is 4.79 Å². The molecular weight excluding hydrogens is 254 g/mol. The number of hydrazone groups is 1. The average molecular weight is 271 g/mol. The molecular formula is C15H17N3O2. The summed E-state index contributed by atoms with van der Waals surface area (Å²) in [4.78, 5) is 11.7. The van der Waals surface area contributed by atoms with Crippen LogP contribution in [-0.2, 0) is 18.3 Å². The van der Waals surface area contributed by atoms with Gasteiger partial charge in [0.1, 0.15) is 5.76 Å². The molecule has 1 amide bonds. The molecule has 0 radical (unpaired) electrons. The number of amides is 1. The van der Waals surface area contributed by atoms with Crippen molar-refractivity contribution in [3.05, 3.63) is 53.8 Å². The highest BCUT2D eigenvalue weighted by Crippen LogP contribution is 2.05. The van der Waals surface area contributed by atoms with Crippen molar-refractivity contribution < 1.29 is 9.21 Å². The Balaban J connectivity index is 1.84. The highest BCUT2D eigenvalue weighted by molar-refractivity contribution is 5.86. The smallest absolute Gasteiger partial charge is 0.245 e. The van der Waals surface area contributed by atoms with Crippen molar-refractivity contribution in [1.29, 1.82) is 0 Å². The summed E-state index contributed by atoms with van der Waals surface area (Å²) >= 11 is 0. The van der Waals surface area contributed by atoms with Crippen molar-refractivity contribution in [2.45, 2.75) is 13.3 Å². The predicted molar refractivity (Wildman–Crippen MR) is 78.1 cm³/mol.